The predicted molar refractivity (Wildman–Crippen MR) is 122 cm³/mol. The van der Waals surface area contributed by atoms with Crippen molar-refractivity contribution in [3.8, 4) is 0 Å². The highest BCUT2D eigenvalue weighted by Crippen LogP contribution is 2.36. The van der Waals surface area contributed by atoms with Crippen LogP contribution in [0.15, 0.2) is 53.5 Å². The van der Waals surface area contributed by atoms with Crippen LogP contribution in [0.5, 0.6) is 0 Å². The van der Waals surface area contributed by atoms with Gasteiger partial charge in [0.25, 0.3) is 5.91 Å². The van der Waals surface area contributed by atoms with E-state index in [4.69, 9.17) is 9.73 Å². The van der Waals surface area contributed by atoms with E-state index in [0.29, 0.717) is 31.9 Å². The molecule has 1 spiro atoms. The second-order valence-electron chi connectivity index (χ2n) is 8.05. The molecule has 1 amide bonds. The minimum absolute atomic E-state index is 0.0616. The van der Waals surface area contributed by atoms with Crippen LogP contribution in [0, 0.1) is 0 Å². The lowest BCUT2D eigenvalue weighted by molar-refractivity contribution is 0.0690. The van der Waals surface area contributed by atoms with E-state index in [0.717, 1.165) is 41.0 Å². The quantitative estimate of drug-likeness (QED) is 0.566. The Morgan fingerprint density at radius 1 is 1.19 bits per heavy atom. The van der Waals surface area contributed by atoms with Crippen LogP contribution >= 0.6 is 0 Å². The van der Waals surface area contributed by atoms with Gasteiger partial charge >= 0.3 is 0 Å². The van der Waals surface area contributed by atoms with Crippen LogP contribution in [0.2, 0.25) is 0 Å². The highest BCUT2D eigenvalue weighted by Gasteiger charge is 2.45. The van der Waals surface area contributed by atoms with E-state index in [1.165, 1.54) is 0 Å². The maximum atomic E-state index is 13.4. The summed E-state index contributed by atoms with van der Waals surface area (Å²) < 4.78 is 5.20. The minimum atomic E-state index is -0.470. The lowest BCUT2D eigenvalue weighted by Gasteiger charge is -2.47. The number of H-pyrrole nitrogens is 1. The number of hydrogen-bond donors (Lipinski definition) is 3. The number of fused-ring (bicyclic) bond motifs is 2. The number of aliphatic imine (C=N–C) groups is 1. The molecule has 2 aliphatic rings. The first kappa shape index (κ1) is 19.6. The van der Waals surface area contributed by atoms with Gasteiger partial charge in [-0.15, -0.1) is 0 Å². The number of amidine groups is 1. The summed E-state index contributed by atoms with van der Waals surface area (Å²) in [6.07, 6.45) is 1.75. The standard InChI is InChI=1S/C23H26N6O2/c1-31-14-12-24-22-23(26-19-10-5-4-9-18(19)25-22)11-6-13-29(15-23)21(30)20-16-7-2-3-8-17(16)27-28-20/h2-5,7-10,26H,6,11-15H2,1H3,(H,24,25)(H,27,28). The summed E-state index contributed by atoms with van der Waals surface area (Å²) in [7, 11) is 1.67. The molecule has 160 valence electrons. The Morgan fingerprint density at radius 3 is 2.87 bits per heavy atom. The number of methoxy groups -OCH3 is 1. The highest BCUT2D eigenvalue weighted by molar-refractivity contribution is 6.10. The van der Waals surface area contributed by atoms with Crippen molar-refractivity contribution in [1.29, 1.82) is 0 Å². The van der Waals surface area contributed by atoms with Crippen LogP contribution in [0.1, 0.15) is 23.3 Å². The van der Waals surface area contributed by atoms with Gasteiger partial charge in [-0.1, -0.05) is 30.3 Å². The second kappa shape index (κ2) is 8.03. The molecule has 3 N–H and O–H groups in total. The first-order valence-corrected chi connectivity index (χ1v) is 10.6. The van der Waals surface area contributed by atoms with Crippen LogP contribution < -0.4 is 10.6 Å². The Bertz CT molecular complexity index is 1140. The molecule has 1 aromatic heterocycles. The van der Waals surface area contributed by atoms with E-state index in [1.807, 2.05) is 47.4 Å². The Kier molecular flexibility index (Phi) is 5.07. The first-order valence-electron chi connectivity index (χ1n) is 10.6. The van der Waals surface area contributed by atoms with E-state index < -0.39 is 5.54 Å². The van der Waals surface area contributed by atoms with Gasteiger partial charge in [0.15, 0.2) is 5.69 Å². The molecule has 1 unspecified atom stereocenters. The molecule has 5 rings (SSSR count). The number of carbonyl (C=O) groups is 1. The largest absolute Gasteiger partial charge is 0.383 e. The number of nitrogens with one attached hydrogen (secondary N) is 3. The van der Waals surface area contributed by atoms with Crippen molar-refractivity contribution in [3.63, 3.8) is 0 Å². The third kappa shape index (κ3) is 3.53. The molecule has 3 aromatic rings. The van der Waals surface area contributed by atoms with Gasteiger partial charge in [0.05, 0.1) is 36.6 Å². The van der Waals surface area contributed by atoms with Crippen molar-refractivity contribution in [2.45, 2.75) is 18.4 Å². The summed E-state index contributed by atoms with van der Waals surface area (Å²) in [6.45, 7) is 2.31. The van der Waals surface area contributed by atoms with Gasteiger partial charge in [-0.3, -0.25) is 14.9 Å². The van der Waals surface area contributed by atoms with Gasteiger partial charge < -0.3 is 20.3 Å². The monoisotopic (exact) mass is 418 g/mol. The number of anilines is 2. The smallest absolute Gasteiger partial charge is 0.275 e. The second-order valence-corrected chi connectivity index (χ2v) is 8.05. The summed E-state index contributed by atoms with van der Waals surface area (Å²) in [5, 5.41) is 15.4. The van der Waals surface area contributed by atoms with E-state index in [-0.39, 0.29) is 5.91 Å². The van der Waals surface area contributed by atoms with E-state index in [9.17, 15) is 4.79 Å². The molecule has 0 radical (unpaired) electrons. The number of amides is 1. The third-order valence-electron chi connectivity index (χ3n) is 6.03. The molecule has 1 saturated heterocycles. The molecule has 8 nitrogen and oxygen atoms in total. The van der Waals surface area contributed by atoms with Crippen LogP contribution in [0.4, 0.5) is 11.4 Å². The van der Waals surface area contributed by atoms with Crippen molar-refractivity contribution < 1.29 is 9.53 Å². The maximum Gasteiger partial charge on any atom is 0.275 e. The number of piperidine rings is 1. The van der Waals surface area contributed by atoms with Crippen molar-refractivity contribution >= 4 is 34.0 Å². The molecule has 0 bridgehead atoms. The summed E-state index contributed by atoms with van der Waals surface area (Å²) in [6, 6.07) is 15.8. The number of rotatable bonds is 4. The fraction of sp³-hybridized carbons (Fsp3) is 0.348. The number of nitrogens with zero attached hydrogens (tertiary/aromatic N) is 3. The Morgan fingerprint density at radius 2 is 2.00 bits per heavy atom. The SMILES string of the molecule is COCCN=C1Nc2ccccc2NC12CCCN(C(=O)c1n[nH]c3ccccc13)C2. The van der Waals surface area contributed by atoms with Crippen molar-refractivity contribution in [3.05, 3.63) is 54.2 Å². The lowest BCUT2D eigenvalue weighted by atomic mass is 9.85. The Balaban J connectivity index is 1.47. The molecule has 2 aromatic carbocycles. The zero-order valence-electron chi connectivity index (χ0n) is 17.5. The van der Waals surface area contributed by atoms with E-state index in [2.05, 4.69) is 26.9 Å². The average molecular weight is 419 g/mol. The van der Waals surface area contributed by atoms with Crippen molar-refractivity contribution in [1.82, 2.24) is 15.1 Å². The van der Waals surface area contributed by atoms with Crippen LogP contribution in [-0.2, 0) is 4.74 Å². The number of ether oxygens (including phenoxy) is 1. The summed E-state index contributed by atoms with van der Waals surface area (Å²) >= 11 is 0. The van der Waals surface area contributed by atoms with Gasteiger partial charge in [0, 0.05) is 19.0 Å². The van der Waals surface area contributed by atoms with E-state index in [1.54, 1.807) is 7.11 Å². The number of aromatic nitrogens is 2. The molecule has 0 saturated carbocycles. The normalized spacial score (nSPS) is 21.7. The molecule has 3 heterocycles. The number of likely N-dealkylation sites (tertiary alicyclic amines) is 1. The molecular weight excluding hydrogens is 392 g/mol. The molecule has 8 heteroatoms. The maximum absolute atomic E-state index is 13.4. The van der Waals surface area contributed by atoms with Gasteiger partial charge in [-0.2, -0.15) is 5.10 Å². The van der Waals surface area contributed by atoms with Crippen molar-refractivity contribution in [2.24, 2.45) is 4.99 Å². The number of benzene rings is 2. The molecule has 31 heavy (non-hydrogen) atoms. The summed E-state index contributed by atoms with van der Waals surface area (Å²) in [5.74, 6) is 0.793. The highest BCUT2D eigenvalue weighted by atomic mass is 16.5. The first-order chi connectivity index (χ1) is 15.2. The number of para-hydroxylation sites is 3. The zero-order valence-corrected chi connectivity index (χ0v) is 17.5. The molecule has 0 aliphatic carbocycles. The van der Waals surface area contributed by atoms with Crippen LogP contribution in [-0.4, -0.2) is 65.7 Å². The topological polar surface area (TPSA) is 94.6 Å². The minimum Gasteiger partial charge on any atom is -0.383 e. The lowest BCUT2D eigenvalue weighted by Crippen LogP contribution is -2.62. The molecule has 1 atom stereocenters. The molecule has 1 fully saturated rings. The predicted octanol–water partition coefficient (Wildman–Crippen LogP) is 3.12. The van der Waals surface area contributed by atoms with Gasteiger partial charge in [0.1, 0.15) is 11.4 Å². The van der Waals surface area contributed by atoms with Gasteiger partial charge in [-0.05, 0) is 31.0 Å². The van der Waals surface area contributed by atoms with Crippen LogP contribution in [0.3, 0.4) is 0 Å². The molecular formula is C23H26N6O2. The summed E-state index contributed by atoms with van der Waals surface area (Å²) in [5.41, 5.74) is 2.88. The average Bonchev–Trinajstić information content (AvgIpc) is 3.23. The van der Waals surface area contributed by atoms with Gasteiger partial charge in [0.2, 0.25) is 0 Å². The van der Waals surface area contributed by atoms with Crippen LogP contribution in [0.25, 0.3) is 10.9 Å². The number of carbonyl (C=O) groups excluding carboxylic acids is 1. The summed E-state index contributed by atoms with van der Waals surface area (Å²) in [4.78, 5) is 20.2. The van der Waals surface area contributed by atoms with E-state index >= 15 is 0 Å². The third-order valence-corrected chi connectivity index (χ3v) is 6.03. The Labute approximate surface area is 180 Å². The number of aromatic amines is 1. The van der Waals surface area contributed by atoms with Gasteiger partial charge in [-0.25, -0.2) is 0 Å². The number of hydrogen-bond acceptors (Lipinski definition) is 5. The molecule has 2 aliphatic heterocycles. The zero-order chi connectivity index (χ0) is 21.3. The van der Waals surface area contributed by atoms with Crippen molar-refractivity contribution in [2.75, 3.05) is 44.0 Å². The fourth-order valence-corrected chi connectivity index (χ4v) is 4.51. The Hall–Kier alpha value is -3.39. The fourth-order valence-electron chi connectivity index (χ4n) is 4.51.